The van der Waals surface area contributed by atoms with E-state index in [1.54, 1.807) is 18.2 Å². The Balaban J connectivity index is 1.71. The van der Waals surface area contributed by atoms with Crippen molar-refractivity contribution in [1.82, 2.24) is 4.90 Å². The van der Waals surface area contributed by atoms with Gasteiger partial charge in [-0.05, 0) is 55.9 Å². The average Bonchev–Trinajstić information content (AvgIpc) is 2.63. The number of hydrogen-bond acceptors (Lipinski definition) is 5. The van der Waals surface area contributed by atoms with Gasteiger partial charge in [-0.3, -0.25) is 9.52 Å². The maximum Gasteiger partial charge on any atom is 0.255 e. The summed E-state index contributed by atoms with van der Waals surface area (Å²) in [6.07, 6.45) is 1.07. The normalized spacial score (nSPS) is 15.3. The van der Waals surface area contributed by atoms with Crippen LogP contribution in [-0.2, 0) is 10.0 Å². The molecule has 1 aliphatic rings. The number of hydrogen-bond donors (Lipinski definition) is 2. The van der Waals surface area contributed by atoms with Gasteiger partial charge in [0.1, 0.15) is 0 Å². The van der Waals surface area contributed by atoms with Gasteiger partial charge in [-0.1, -0.05) is 6.07 Å². The molecular weight excluding hydrogens is 376 g/mol. The van der Waals surface area contributed by atoms with Crippen LogP contribution in [-0.4, -0.2) is 58.7 Å². The standard InChI is InChI=1S/C20H26N4O3S/c1-15-13-18(24-11-9-23(2)10-12-24)7-8-19(15)21-20(25)16-5-4-6-17(14-16)22-28(3,26)27/h4-8,13-14,22H,9-12H2,1-3H3,(H,21,25). The first-order valence-electron chi connectivity index (χ1n) is 9.14. The maximum atomic E-state index is 12.6. The summed E-state index contributed by atoms with van der Waals surface area (Å²) in [7, 11) is -1.27. The van der Waals surface area contributed by atoms with E-state index in [1.807, 2.05) is 19.1 Å². The van der Waals surface area contributed by atoms with E-state index in [1.165, 1.54) is 6.07 Å². The van der Waals surface area contributed by atoms with Gasteiger partial charge in [0, 0.05) is 48.8 Å². The van der Waals surface area contributed by atoms with Gasteiger partial charge >= 0.3 is 0 Å². The predicted molar refractivity (Wildman–Crippen MR) is 114 cm³/mol. The van der Waals surface area contributed by atoms with Crippen molar-refractivity contribution in [2.45, 2.75) is 6.92 Å². The molecule has 1 heterocycles. The molecule has 28 heavy (non-hydrogen) atoms. The Hall–Kier alpha value is -2.58. The van der Waals surface area contributed by atoms with Crippen molar-refractivity contribution >= 4 is 33.0 Å². The molecule has 0 bridgehead atoms. The summed E-state index contributed by atoms with van der Waals surface area (Å²) >= 11 is 0. The maximum absolute atomic E-state index is 12.6. The number of carbonyl (C=O) groups excluding carboxylic acids is 1. The van der Waals surface area contributed by atoms with Crippen LogP contribution < -0.4 is 14.9 Å². The fourth-order valence-corrected chi connectivity index (χ4v) is 3.74. The first kappa shape index (κ1) is 20.2. The van der Waals surface area contributed by atoms with E-state index in [4.69, 9.17) is 0 Å². The molecule has 1 aliphatic heterocycles. The zero-order valence-electron chi connectivity index (χ0n) is 16.4. The van der Waals surface area contributed by atoms with Crippen molar-refractivity contribution in [3.05, 3.63) is 53.6 Å². The van der Waals surface area contributed by atoms with E-state index in [-0.39, 0.29) is 5.91 Å². The van der Waals surface area contributed by atoms with Crippen LogP contribution in [0.15, 0.2) is 42.5 Å². The van der Waals surface area contributed by atoms with Gasteiger partial charge in [-0.2, -0.15) is 0 Å². The number of rotatable bonds is 5. The second-order valence-corrected chi connectivity index (χ2v) is 8.95. The molecule has 1 amide bonds. The predicted octanol–water partition coefficient (Wildman–Crippen LogP) is 2.37. The molecule has 0 aromatic heterocycles. The molecule has 3 rings (SSSR count). The van der Waals surface area contributed by atoms with Crippen LogP contribution in [0.1, 0.15) is 15.9 Å². The van der Waals surface area contributed by atoms with Crippen molar-refractivity contribution in [2.24, 2.45) is 0 Å². The van der Waals surface area contributed by atoms with Crippen LogP contribution in [0.3, 0.4) is 0 Å². The molecule has 1 saturated heterocycles. The Kier molecular flexibility index (Phi) is 5.90. The highest BCUT2D eigenvalue weighted by Gasteiger charge is 2.16. The molecule has 0 aliphatic carbocycles. The minimum absolute atomic E-state index is 0.285. The molecule has 7 nitrogen and oxygen atoms in total. The number of sulfonamides is 1. The number of amides is 1. The minimum atomic E-state index is -3.39. The lowest BCUT2D eigenvalue weighted by Crippen LogP contribution is -2.44. The number of carbonyl (C=O) groups is 1. The van der Waals surface area contributed by atoms with Crippen LogP contribution in [0.4, 0.5) is 17.1 Å². The largest absolute Gasteiger partial charge is 0.369 e. The van der Waals surface area contributed by atoms with E-state index in [0.717, 1.165) is 49.4 Å². The van der Waals surface area contributed by atoms with Crippen molar-refractivity contribution in [3.63, 3.8) is 0 Å². The Bertz CT molecular complexity index is 967. The van der Waals surface area contributed by atoms with Crippen LogP contribution in [0.2, 0.25) is 0 Å². The molecule has 0 spiro atoms. The van der Waals surface area contributed by atoms with E-state index < -0.39 is 10.0 Å². The molecule has 0 radical (unpaired) electrons. The molecule has 8 heteroatoms. The van der Waals surface area contributed by atoms with Crippen molar-refractivity contribution in [3.8, 4) is 0 Å². The quantitative estimate of drug-likeness (QED) is 0.802. The van der Waals surface area contributed by atoms with E-state index in [0.29, 0.717) is 11.3 Å². The number of piperazine rings is 1. The molecular formula is C20H26N4O3S. The lowest BCUT2D eigenvalue weighted by atomic mass is 10.1. The van der Waals surface area contributed by atoms with Gasteiger partial charge in [-0.25, -0.2) is 8.42 Å². The SMILES string of the molecule is Cc1cc(N2CCN(C)CC2)ccc1NC(=O)c1cccc(NS(C)(=O)=O)c1. The minimum Gasteiger partial charge on any atom is -0.369 e. The number of aryl methyl sites for hydroxylation is 1. The Morgan fingerprint density at radius 2 is 1.75 bits per heavy atom. The van der Waals surface area contributed by atoms with Crippen LogP contribution >= 0.6 is 0 Å². The molecule has 0 atom stereocenters. The summed E-state index contributed by atoms with van der Waals surface area (Å²) in [5.74, 6) is -0.285. The molecule has 2 aromatic rings. The summed E-state index contributed by atoms with van der Waals surface area (Å²) in [5.41, 5.74) is 3.62. The highest BCUT2D eigenvalue weighted by molar-refractivity contribution is 7.92. The molecule has 2 aromatic carbocycles. The second-order valence-electron chi connectivity index (χ2n) is 7.20. The third kappa shape index (κ3) is 5.24. The monoisotopic (exact) mass is 402 g/mol. The van der Waals surface area contributed by atoms with Crippen molar-refractivity contribution in [1.29, 1.82) is 0 Å². The Labute approximate surface area is 166 Å². The Morgan fingerprint density at radius 3 is 2.39 bits per heavy atom. The zero-order valence-corrected chi connectivity index (χ0v) is 17.2. The molecule has 0 saturated carbocycles. The summed E-state index contributed by atoms with van der Waals surface area (Å²) in [5, 5.41) is 2.91. The summed E-state index contributed by atoms with van der Waals surface area (Å²) in [6, 6.07) is 12.4. The number of nitrogens with one attached hydrogen (secondary N) is 2. The average molecular weight is 403 g/mol. The highest BCUT2D eigenvalue weighted by atomic mass is 32.2. The number of nitrogens with zero attached hydrogens (tertiary/aromatic N) is 2. The second kappa shape index (κ2) is 8.20. The topological polar surface area (TPSA) is 81.8 Å². The third-order valence-corrected chi connectivity index (χ3v) is 5.36. The first-order valence-corrected chi connectivity index (χ1v) is 11.0. The van der Waals surface area contributed by atoms with Crippen LogP contribution in [0.25, 0.3) is 0 Å². The smallest absolute Gasteiger partial charge is 0.255 e. The van der Waals surface area contributed by atoms with Crippen molar-refractivity contribution in [2.75, 3.05) is 54.4 Å². The summed E-state index contributed by atoms with van der Waals surface area (Å²) in [6.45, 7) is 6.02. The lowest BCUT2D eigenvalue weighted by molar-refractivity contribution is 0.102. The molecule has 0 unspecified atom stereocenters. The van der Waals surface area contributed by atoms with E-state index in [2.05, 4.69) is 33.0 Å². The van der Waals surface area contributed by atoms with Crippen LogP contribution in [0.5, 0.6) is 0 Å². The first-order chi connectivity index (χ1) is 13.2. The Morgan fingerprint density at radius 1 is 1.04 bits per heavy atom. The van der Waals surface area contributed by atoms with Gasteiger partial charge in [0.05, 0.1) is 6.26 Å². The fraction of sp³-hybridized carbons (Fsp3) is 0.350. The molecule has 2 N–H and O–H groups in total. The third-order valence-electron chi connectivity index (χ3n) is 4.75. The van der Waals surface area contributed by atoms with Gasteiger partial charge in [0.2, 0.25) is 10.0 Å². The summed E-state index contributed by atoms with van der Waals surface area (Å²) in [4.78, 5) is 17.3. The van der Waals surface area contributed by atoms with Crippen molar-refractivity contribution < 1.29 is 13.2 Å². The van der Waals surface area contributed by atoms with Gasteiger partial charge < -0.3 is 15.1 Å². The number of anilines is 3. The molecule has 150 valence electrons. The van der Waals surface area contributed by atoms with Crippen LogP contribution in [0, 0.1) is 6.92 Å². The highest BCUT2D eigenvalue weighted by Crippen LogP contribution is 2.24. The molecule has 1 fully saturated rings. The van der Waals surface area contributed by atoms with Gasteiger partial charge in [-0.15, -0.1) is 0 Å². The van der Waals surface area contributed by atoms with Gasteiger partial charge in [0.15, 0.2) is 0 Å². The van der Waals surface area contributed by atoms with Gasteiger partial charge in [0.25, 0.3) is 5.91 Å². The van der Waals surface area contributed by atoms with E-state index >= 15 is 0 Å². The number of likely N-dealkylation sites (N-methyl/N-ethyl adjacent to an activating group) is 1. The summed E-state index contributed by atoms with van der Waals surface area (Å²) < 4.78 is 25.1. The lowest BCUT2D eigenvalue weighted by Gasteiger charge is -2.34. The zero-order chi connectivity index (χ0) is 20.3. The van der Waals surface area contributed by atoms with E-state index in [9.17, 15) is 13.2 Å². The number of benzene rings is 2. The fourth-order valence-electron chi connectivity index (χ4n) is 3.18.